The largest absolute Gasteiger partial charge is 0.456 e. The Morgan fingerprint density at radius 3 is 2.14 bits per heavy atom. The van der Waals surface area contributed by atoms with E-state index in [1.54, 1.807) is 20.9 Å². The number of hydrogen-bond donors (Lipinski definition) is 4. The normalized spacial score (nSPS) is 38.5. The van der Waals surface area contributed by atoms with Crippen LogP contribution < -0.4 is 5.32 Å². The van der Waals surface area contributed by atoms with E-state index in [4.69, 9.17) is 18.5 Å². The first-order valence-corrected chi connectivity index (χ1v) is 36.0. The molecule has 1 radical (unpaired) electrons. The van der Waals surface area contributed by atoms with Crippen LogP contribution in [0.2, 0.25) is 0 Å². The molecule has 0 aromatic heterocycles. The number of nitrogens with one attached hydrogen (secondary N) is 1. The third kappa shape index (κ3) is 9.71. The average Bonchev–Trinajstić information content (AvgIpc) is 3.01. The van der Waals surface area contributed by atoms with Gasteiger partial charge in [-0.3, -0.25) is 4.79 Å². The van der Waals surface area contributed by atoms with Gasteiger partial charge in [-0.25, -0.2) is 4.79 Å². The van der Waals surface area contributed by atoms with E-state index in [2.05, 4.69) is 58.9 Å². The fraction of sp³-hybridized carbons (Fsp3) is 0.852. The molecular formula is C27H57AcNO9P12. The number of ether oxygens (including phenoxy) is 2. The standard InChI is InChI=1S/C27H57NO9P12.Ac/c1-12-15(35-23(31)19(36-44-38)14(3)28-8)11-27(33)13(2)21-25(6,16(29)10-17(34-9)26(21,7)32)22(30)20(18(12)24(27,4)5)37-46(47(40)41)49(45-39)48(42)43;/h13-17,19-21,28-29,32-33,44-45H,10-11,38-43H2,1-9H3;/t13-,14?,15?,16?,17?,19?,20?,21?,25+,26-,27?,46?,49?;/m0./s1. The fourth-order valence-electron chi connectivity index (χ4n) is 8.46. The Morgan fingerprint density at radius 2 is 1.68 bits per heavy atom. The molecule has 0 amide bonds. The maximum absolute atomic E-state index is 15.5. The number of rotatable bonds is 13. The number of likely N-dealkylation sites (N-methyl/N-ethyl adjacent to an activating group) is 1. The van der Waals surface area contributed by atoms with E-state index in [0.717, 1.165) is 0 Å². The Hall–Kier alpha value is 5.20. The molecule has 0 aromatic carbocycles. The van der Waals surface area contributed by atoms with Crippen LogP contribution in [0.5, 0.6) is 0 Å². The number of ketones is 1. The molecule has 2 fully saturated rings. The predicted octanol–water partition coefficient (Wildman–Crippen LogP) is 7.64. The van der Waals surface area contributed by atoms with Crippen molar-refractivity contribution in [2.24, 2.45) is 22.7 Å². The molecule has 3 aliphatic rings. The summed E-state index contributed by atoms with van der Waals surface area (Å²) in [5.74, 6) is -2.63. The third-order valence-electron chi connectivity index (χ3n) is 11.3. The van der Waals surface area contributed by atoms with E-state index in [1.807, 2.05) is 34.6 Å². The molecule has 3 rings (SSSR count). The van der Waals surface area contributed by atoms with Crippen molar-refractivity contribution >= 4 is 110 Å². The van der Waals surface area contributed by atoms with Crippen molar-refractivity contribution in [2.45, 2.75) is 109 Å². The second kappa shape index (κ2) is 20.6. The predicted molar refractivity (Wildman–Crippen MR) is 235 cm³/mol. The molecule has 18 unspecified atom stereocenters. The van der Waals surface area contributed by atoms with Gasteiger partial charge in [0.2, 0.25) is 0 Å². The van der Waals surface area contributed by atoms with Crippen LogP contribution in [-0.4, -0.2) is 89.0 Å². The molecule has 287 valence electrons. The van der Waals surface area contributed by atoms with E-state index in [1.165, 1.54) is 7.11 Å². The number of hydrogen-bond acceptors (Lipinski definition) is 10. The third-order valence-corrected chi connectivity index (χ3v) is 59.3. The van der Waals surface area contributed by atoms with Gasteiger partial charge in [0, 0.05) is 96.9 Å². The van der Waals surface area contributed by atoms with E-state index in [-0.39, 0.29) is 77.2 Å². The van der Waals surface area contributed by atoms with Gasteiger partial charge in [0.05, 0.1) is 36.4 Å². The van der Waals surface area contributed by atoms with Gasteiger partial charge >= 0.3 is 5.97 Å². The topological polar surface area (TPSA) is 144 Å². The molecule has 2 bridgehead atoms. The number of Topliss-reactive ketones (excluding diaryl/α,β-unsaturated/α-hetero) is 1. The van der Waals surface area contributed by atoms with Crippen LogP contribution >= 0.6 is 98.5 Å². The SMILES string of the molecule is CNC(C)C(OPP)C(=O)OC1CC2(O)[C@@H](C)C3[C@@](C)(O)C(OC)CC(O)[C@@]3(C)C(=O)C(OP(P(P)P)P(PP)P(P)P)C(=C1C)C2(C)C.[Ac]. The molecule has 10 nitrogen and oxygen atoms in total. The summed E-state index contributed by atoms with van der Waals surface area (Å²) in [5, 5.41) is 40.7. The van der Waals surface area contributed by atoms with Crippen molar-refractivity contribution in [3.8, 4) is 0 Å². The summed E-state index contributed by atoms with van der Waals surface area (Å²) in [6, 6.07) is -0.350. The van der Waals surface area contributed by atoms with Crippen LogP contribution in [0.25, 0.3) is 0 Å². The van der Waals surface area contributed by atoms with E-state index in [9.17, 15) is 20.1 Å². The van der Waals surface area contributed by atoms with Crippen LogP contribution in [0.15, 0.2) is 11.1 Å². The van der Waals surface area contributed by atoms with Gasteiger partial charge in [0.25, 0.3) is 0 Å². The number of methoxy groups -OCH3 is 1. The van der Waals surface area contributed by atoms with Crippen molar-refractivity contribution in [3.05, 3.63) is 11.1 Å². The monoisotopic (exact) mass is 1140 g/mol. The van der Waals surface area contributed by atoms with Crippen molar-refractivity contribution in [1.29, 1.82) is 0 Å². The maximum Gasteiger partial charge on any atom is 0.337 e. The Bertz CT molecular complexity index is 1250. The molecule has 0 aliphatic heterocycles. The molecule has 0 spiro atoms. The molecule has 0 aromatic rings. The number of carbonyl (C=O) groups is 2. The van der Waals surface area contributed by atoms with E-state index < -0.39 is 98.8 Å². The number of aliphatic hydroxyl groups excluding tert-OH is 1. The molecule has 4 N–H and O–H groups in total. The second-order valence-electron chi connectivity index (χ2n) is 14.0. The van der Waals surface area contributed by atoms with Crippen molar-refractivity contribution in [2.75, 3.05) is 14.2 Å². The minimum absolute atomic E-state index is 0. The average molecular weight is 1140 g/mol. The van der Waals surface area contributed by atoms with Gasteiger partial charge in [0.1, 0.15) is 12.2 Å². The van der Waals surface area contributed by atoms with Crippen molar-refractivity contribution < 1.29 is 87.5 Å². The summed E-state index contributed by atoms with van der Waals surface area (Å²) in [7, 11) is 19.6. The number of fused-ring (bicyclic) bond motifs is 3. The Balaban J connectivity index is 0.00000867. The summed E-state index contributed by atoms with van der Waals surface area (Å²) in [4.78, 5) is 29.3. The molecule has 23 heteroatoms. The van der Waals surface area contributed by atoms with E-state index in [0.29, 0.717) is 19.1 Å². The second-order valence-corrected chi connectivity index (χ2v) is 49.7. The Morgan fingerprint density at radius 1 is 1.10 bits per heavy atom. The van der Waals surface area contributed by atoms with Gasteiger partial charge in [-0.05, 0) is 65.8 Å². The van der Waals surface area contributed by atoms with Crippen LogP contribution in [0.3, 0.4) is 0 Å². The first kappa shape index (κ1) is 51.3. The summed E-state index contributed by atoms with van der Waals surface area (Å²) in [6.07, 6.45) is -4.89. The van der Waals surface area contributed by atoms with E-state index >= 15 is 4.79 Å². The van der Waals surface area contributed by atoms with Crippen molar-refractivity contribution in [1.82, 2.24) is 5.32 Å². The summed E-state index contributed by atoms with van der Waals surface area (Å²) in [6.45, 7) is 10.7. The van der Waals surface area contributed by atoms with Gasteiger partial charge in [-0.2, -0.15) is 0 Å². The first-order valence-electron chi connectivity index (χ1n) is 15.8. The minimum Gasteiger partial charge on any atom is -0.456 e. The summed E-state index contributed by atoms with van der Waals surface area (Å²) >= 11 is 0. The smallest absolute Gasteiger partial charge is 0.337 e. The van der Waals surface area contributed by atoms with Crippen LogP contribution in [0.4, 0.5) is 0 Å². The molecular weight excluding hydrogens is 1080 g/mol. The minimum atomic E-state index is -1.62. The number of aliphatic hydroxyl groups is 3. The van der Waals surface area contributed by atoms with Crippen LogP contribution in [0, 0.1) is 66.7 Å². The van der Waals surface area contributed by atoms with Gasteiger partial charge in [-0.1, -0.05) is 37.7 Å². The zero-order valence-corrected chi connectivity index (χ0v) is 47.4. The van der Waals surface area contributed by atoms with Crippen LogP contribution in [-0.2, 0) is 28.1 Å². The first-order chi connectivity index (χ1) is 22.6. The van der Waals surface area contributed by atoms with Gasteiger partial charge in [0.15, 0.2) is 11.9 Å². The Kier molecular flexibility index (Phi) is 21.2. The van der Waals surface area contributed by atoms with Gasteiger partial charge < -0.3 is 39.2 Å². The Labute approximate surface area is 356 Å². The molecule has 50 heavy (non-hydrogen) atoms. The van der Waals surface area contributed by atoms with Crippen LogP contribution in [0.1, 0.15) is 61.3 Å². The number of carbonyl (C=O) groups excluding carboxylic acids is 2. The summed E-state index contributed by atoms with van der Waals surface area (Å²) < 4.78 is 25.0. The summed E-state index contributed by atoms with van der Waals surface area (Å²) in [5.41, 5.74) is -4.59. The molecule has 0 saturated heterocycles. The maximum atomic E-state index is 15.5. The zero-order chi connectivity index (χ0) is 37.6. The fourth-order valence-corrected chi connectivity index (χ4v) is 75.4. The molecule has 21 atom stereocenters. The molecule has 3 aliphatic carbocycles. The molecule has 0 heterocycles. The zero-order valence-electron chi connectivity index (χ0n) is 30.2. The van der Waals surface area contributed by atoms with Gasteiger partial charge in [-0.15, -0.1) is 44.6 Å². The quantitative estimate of drug-likeness (QED) is 0.0826. The molecule has 2 saturated carbocycles. The van der Waals surface area contributed by atoms with Crippen molar-refractivity contribution in [3.63, 3.8) is 0 Å². The number of esters is 1.